The summed E-state index contributed by atoms with van der Waals surface area (Å²) in [6.07, 6.45) is 0. The second-order valence-electron chi connectivity index (χ2n) is 4.59. The van der Waals surface area contributed by atoms with E-state index in [4.69, 9.17) is 16.6 Å². The third-order valence-corrected chi connectivity index (χ3v) is 3.79. The van der Waals surface area contributed by atoms with Crippen molar-refractivity contribution in [3.8, 4) is 0 Å². The van der Waals surface area contributed by atoms with Crippen molar-refractivity contribution < 1.29 is 0 Å². The minimum atomic E-state index is 0.413. The van der Waals surface area contributed by atoms with Crippen LogP contribution in [0.3, 0.4) is 0 Å². The van der Waals surface area contributed by atoms with E-state index >= 15 is 0 Å². The zero-order chi connectivity index (χ0) is 12.6. The van der Waals surface area contributed by atoms with Crippen LogP contribution >= 0.6 is 24.2 Å². The highest BCUT2D eigenvalue weighted by molar-refractivity contribution is 7.79. The Balaban J connectivity index is 2.83. The molecule has 1 nitrogen and oxygen atoms in total. The molecule has 1 aromatic carbocycles. The lowest BCUT2D eigenvalue weighted by molar-refractivity contribution is 0.827. The summed E-state index contributed by atoms with van der Waals surface area (Å²) >= 11 is 10.6. The molecule has 0 aliphatic carbocycles. The molecule has 0 saturated carbocycles. The van der Waals surface area contributed by atoms with Crippen molar-refractivity contribution in [2.75, 3.05) is 0 Å². The van der Waals surface area contributed by atoms with E-state index in [1.165, 1.54) is 5.56 Å². The van der Waals surface area contributed by atoms with Gasteiger partial charge >= 0.3 is 0 Å². The molecule has 0 radical (unpaired) electrons. The zero-order valence-corrected chi connectivity index (χ0v) is 11.9. The minimum Gasteiger partial charge on any atom is -0.252 e. The Labute approximate surface area is 113 Å². The predicted octanol–water partition coefficient (Wildman–Crippen LogP) is 4.75. The molecule has 0 spiro atoms. The first kappa shape index (κ1) is 12.7. The van der Waals surface area contributed by atoms with Gasteiger partial charge in [-0.05, 0) is 36.1 Å². The van der Waals surface area contributed by atoms with Crippen molar-refractivity contribution in [2.24, 2.45) is 0 Å². The number of fused-ring (bicyclic) bond motifs is 1. The van der Waals surface area contributed by atoms with Crippen LogP contribution in [0.1, 0.15) is 36.6 Å². The van der Waals surface area contributed by atoms with Crippen LogP contribution in [0.25, 0.3) is 10.9 Å². The fourth-order valence-electron chi connectivity index (χ4n) is 1.92. The van der Waals surface area contributed by atoms with Gasteiger partial charge < -0.3 is 0 Å². The van der Waals surface area contributed by atoms with Crippen LogP contribution in [0.2, 0.25) is 5.02 Å². The number of benzene rings is 1. The van der Waals surface area contributed by atoms with E-state index in [0.29, 0.717) is 5.92 Å². The van der Waals surface area contributed by atoms with Gasteiger partial charge in [-0.15, -0.1) is 0 Å². The fraction of sp³-hybridized carbons (Fsp3) is 0.357. The summed E-state index contributed by atoms with van der Waals surface area (Å²) in [6, 6.07) is 6.11. The maximum absolute atomic E-state index is 6.16. The molecular weight excluding hydrogens is 250 g/mol. The van der Waals surface area contributed by atoms with E-state index in [2.05, 4.69) is 32.5 Å². The molecule has 0 atom stereocenters. The molecule has 0 saturated heterocycles. The Kier molecular flexibility index (Phi) is 3.64. The number of thiol groups is 1. The number of pyridine rings is 1. The van der Waals surface area contributed by atoms with Gasteiger partial charge in [-0.1, -0.05) is 31.5 Å². The first-order chi connectivity index (χ1) is 8.04. The predicted molar refractivity (Wildman–Crippen MR) is 78.3 cm³/mol. The summed E-state index contributed by atoms with van der Waals surface area (Å²) in [5.74, 6) is 1.14. The summed E-state index contributed by atoms with van der Waals surface area (Å²) in [4.78, 5) is 4.73. The fourth-order valence-corrected chi connectivity index (χ4v) is 2.34. The van der Waals surface area contributed by atoms with Crippen LogP contribution in [0.5, 0.6) is 0 Å². The molecular formula is C14H16ClNS. The second-order valence-corrected chi connectivity index (χ2v) is 5.31. The number of halogens is 1. The number of rotatable bonds is 2. The molecule has 1 heterocycles. The lowest BCUT2D eigenvalue weighted by Crippen LogP contribution is -1.98. The molecule has 1 aromatic heterocycles. The first-order valence-electron chi connectivity index (χ1n) is 5.74. The molecule has 2 rings (SSSR count). The Bertz CT molecular complexity index is 564. The Morgan fingerprint density at radius 2 is 2.06 bits per heavy atom. The monoisotopic (exact) mass is 265 g/mol. The van der Waals surface area contributed by atoms with Crippen molar-refractivity contribution in [1.82, 2.24) is 4.98 Å². The van der Waals surface area contributed by atoms with Crippen LogP contribution in [0.15, 0.2) is 18.2 Å². The quantitative estimate of drug-likeness (QED) is 0.773. The Morgan fingerprint density at radius 3 is 2.65 bits per heavy atom. The van der Waals surface area contributed by atoms with Crippen molar-refractivity contribution in [2.45, 2.75) is 32.4 Å². The SMILES string of the molecule is Cc1c(Cl)ccc2c(CS)cc(C(C)C)nc12. The normalized spacial score (nSPS) is 11.4. The second kappa shape index (κ2) is 4.87. The van der Waals surface area contributed by atoms with Gasteiger partial charge in [0, 0.05) is 21.9 Å². The third-order valence-electron chi connectivity index (χ3n) is 3.04. The highest BCUT2D eigenvalue weighted by Crippen LogP contribution is 2.29. The number of hydrogen-bond acceptors (Lipinski definition) is 2. The lowest BCUT2D eigenvalue weighted by Gasteiger charge is -2.12. The van der Waals surface area contributed by atoms with E-state index in [9.17, 15) is 0 Å². The molecule has 0 amide bonds. The van der Waals surface area contributed by atoms with Gasteiger partial charge in [0.05, 0.1) is 5.52 Å². The van der Waals surface area contributed by atoms with Crippen LogP contribution < -0.4 is 0 Å². The molecule has 0 unspecified atom stereocenters. The van der Waals surface area contributed by atoms with Gasteiger partial charge in [-0.2, -0.15) is 12.6 Å². The average Bonchev–Trinajstić information content (AvgIpc) is 2.32. The number of aromatic nitrogens is 1. The molecule has 90 valence electrons. The number of hydrogen-bond donors (Lipinski definition) is 1. The van der Waals surface area contributed by atoms with Crippen molar-refractivity contribution >= 4 is 35.1 Å². The maximum atomic E-state index is 6.16. The van der Waals surface area contributed by atoms with Gasteiger partial charge in [0.2, 0.25) is 0 Å². The minimum absolute atomic E-state index is 0.413. The summed E-state index contributed by atoms with van der Waals surface area (Å²) in [6.45, 7) is 6.32. The Hall–Kier alpha value is -0.730. The topological polar surface area (TPSA) is 12.9 Å². The van der Waals surface area contributed by atoms with E-state index in [-0.39, 0.29) is 0 Å². The first-order valence-corrected chi connectivity index (χ1v) is 6.75. The highest BCUT2D eigenvalue weighted by atomic mass is 35.5. The largest absolute Gasteiger partial charge is 0.252 e. The molecule has 0 aliphatic heterocycles. The number of nitrogens with zero attached hydrogens (tertiary/aromatic N) is 1. The molecule has 0 bridgehead atoms. The summed E-state index contributed by atoms with van der Waals surface area (Å²) in [7, 11) is 0. The number of aryl methyl sites for hydroxylation is 1. The molecule has 2 aromatic rings. The van der Waals surface area contributed by atoms with Gasteiger partial charge in [0.1, 0.15) is 0 Å². The van der Waals surface area contributed by atoms with E-state index in [1.54, 1.807) is 0 Å². The van der Waals surface area contributed by atoms with E-state index in [0.717, 1.165) is 32.9 Å². The molecule has 0 fully saturated rings. The van der Waals surface area contributed by atoms with Gasteiger partial charge in [0.25, 0.3) is 0 Å². The van der Waals surface area contributed by atoms with Crippen molar-refractivity contribution in [1.29, 1.82) is 0 Å². The smallest absolute Gasteiger partial charge is 0.0752 e. The molecule has 0 N–H and O–H groups in total. The van der Waals surface area contributed by atoms with Crippen molar-refractivity contribution in [3.05, 3.63) is 40.0 Å². The summed E-state index contributed by atoms with van der Waals surface area (Å²) in [5.41, 5.74) is 4.39. The van der Waals surface area contributed by atoms with Crippen molar-refractivity contribution in [3.63, 3.8) is 0 Å². The van der Waals surface area contributed by atoms with Gasteiger partial charge in [-0.3, -0.25) is 4.98 Å². The third kappa shape index (κ3) is 2.29. The van der Waals surface area contributed by atoms with Crippen LogP contribution in [0.4, 0.5) is 0 Å². The maximum Gasteiger partial charge on any atom is 0.0752 e. The highest BCUT2D eigenvalue weighted by Gasteiger charge is 2.10. The van der Waals surface area contributed by atoms with Gasteiger partial charge in [0.15, 0.2) is 0 Å². The zero-order valence-electron chi connectivity index (χ0n) is 10.3. The molecule has 17 heavy (non-hydrogen) atoms. The summed E-state index contributed by atoms with van der Waals surface area (Å²) in [5, 5.41) is 1.93. The van der Waals surface area contributed by atoms with E-state index in [1.807, 2.05) is 19.1 Å². The average molecular weight is 266 g/mol. The van der Waals surface area contributed by atoms with Gasteiger partial charge in [-0.25, -0.2) is 0 Å². The lowest BCUT2D eigenvalue weighted by atomic mass is 10.0. The standard InChI is InChI=1S/C14H16ClNS/c1-8(2)13-6-10(7-17)11-4-5-12(15)9(3)14(11)16-13/h4-6,8,17H,7H2,1-3H3. The van der Waals surface area contributed by atoms with Crippen LogP contribution in [-0.2, 0) is 5.75 Å². The van der Waals surface area contributed by atoms with Crippen LogP contribution in [0, 0.1) is 6.92 Å². The van der Waals surface area contributed by atoms with Crippen LogP contribution in [-0.4, -0.2) is 4.98 Å². The Morgan fingerprint density at radius 1 is 1.35 bits per heavy atom. The van der Waals surface area contributed by atoms with E-state index < -0.39 is 0 Å². The molecule has 0 aliphatic rings. The molecule has 3 heteroatoms. The summed E-state index contributed by atoms with van der Waals surface area (Å²) < 4.78 is 0.